The monoisotopic (exact) mass is 267 g/mol. The van der Waals surface area contributed by atoms with Crippen LogP contribution in [0, 0.1) is 0 Å². The molecule has 2 N–H and O–H groups in total. The minimum absolute atomic E-state index is 0.0651. The fraction of sp³-hybridized carbons (Fsp3) is 0.250. The largest absolute Gasteiger partial charge is 0.345 e. The average Bonchev–Trinajstić information content (AvgIpc) is 2.97. The van der Waals surface area contributed by atoms with Crippen LogP contribution in [-0.2, 0) is 10.2 Å². The summed E-state index contributed by atoms with van der Waals surface area (Å²) in [4.78, 5) is 19.0. The van der Waals surface area contributed by atoms with Gasteiger partial charge in [0.1, 0.15) is 0 Å². The number of imidazole rings is 1. The molecular formula is C16H17N3O. The number of hydrogen-bond acceptors (Lipinski definition) is 2. The van der Waals surface area contributed by atoms with Gasteiger partial charge in [0.15, 0.2) is 0 Å². The lowest BCUT2D eigenvalue weighted by atomic mass is 9.86. The molecule has 4 heteroatoms. The number of aromatic amines is 1. The van der Waals surface area contributed by atoms with Crippen molar-refractivity contribution < 1.29 is 4.79 Å². The van der Waals surface area contributed by atoms with Crippen molar-refractivity contribution >= 4 is 23.2 Å². The van der Waals surface area contributed by atoms with E-state index in [9.17, 15) is 4.79 Å². The lowest BCUT2D eigenvalue weighted by molar-refractivity contribution is -0.110. The van der Waals surface area contributed by atoms with E-state index in [2.05, 4.69) is 48.2 Å². The van der Waals surface area contributed by atoms with Crippen molar-refractivity contribution in [3.8, 4) is 0 Å². The van der Waals surface area contributed by atoms with Crippen molar-refractivity contribution in [3.63, 3.8) is 0 Å². The number of aromatic nitrogens is 2. The summed E-state index contributed by atoms with van der Waals surface area (Å²) in [6.07, 6.45) is 5.12. The van der Waals surface area contributed by atoms with Crippen LogP contribution in [-0.4, -0.2) is 15.9 Å². The summed E-state index contributed by atoms with van der Waals surface area (Å²) in [6, 6.07) is 6.15. The Hall–Kier alpha value is -2.36. The van der Waals surface area contributed by atoms with E-state index in [-0.39, 0.29) is 11.3 Å². The number of H-pyrrole nitrogens is 1. The Kier molecular flexibility index (Phi) is 2.74. The molecule has 1 aromatic carbocycles. The molecule has 1 aromatic heterocycles. The van der Waals surface area contributed by atoms with Crippen molar-refractivity contribution in [1.82, 2.24) is 9.97 Å². The van der Waals surface area contributed by atoms with Gasteiger partial charge in [0.2, 0.25) is 0 Å². The average molecular weight is 267 g/mol. The highest BCUT2D eigenvalue weighted by Crippen LogP contribution is 2.36. The van der Waals surface area contributed by atoms with Crippen LogP contribution in [0.1, 0.15) is 37.6 Å². The van der Waals surface area contributed by atoms with Gasteiger partial charge in [0, 0.05) is 11.3 Å². The van der Waals surface area contributed by atoms with Crippen molar-refractivity contribution in [3.05, 3.63) is 47.5 Å². The van der Waals surface area contributed by atoms with Gasteiger partial charge in [0.25, 0.3) is 5.91 Å². The van der Waals surface area contributed by atoms with Gasteiger partial charge >= 0.3 is 0 Å². The van der Waals surface area contributed by atoms with E-state index >= 15 is 0 Å². The molecule has 102 valence electrons. The van der Waals surface area contributed by atoms with E-state index in [1.165, 1.54) is 5.56 Å². The SMILES string of the molecule is CC(C)(C)c1ccc2c(c1)NC(=O)/C2=C\c1cnc[nH]1. The van der Waals surface area contributed by atoms with Gasteiger partial charge in [0.05, 0.1) is 23.8 Å². The molecule has 20 heavy (non-hydrogen) atoms. The summed E-state index contributed by atoms with van der Waals surface area (Å²) in [5.74, 6) is -0.0688. The summed E-state index contributed by atoms with van der Waals surface area (Å²) < 4.78 is 0. The highest BCUT2D eigenvalue weighted by Gasteiger charge is 2.26. The van der Waals surface area contributed by atoms with E-state index < -0.39 is 0 Å². The van der Waals surface area contributed by atoms with E-state index in [1.54, 1.807) is 12.5 Å². The first-order valence-electron chi connectivity index (χ1n) is 6.61. The second-order valence-corrected chi connectivity index (χ2v) is 6.03. The maximum atomic E-state index is 12.1. The molecule has 0 atom stereocenters. The minimum Gasteiger partial charge on any atom is -0.345 e. The standard InChI is InChI=1S/C16H17N3O/c1-16(2,3)10-4-5-12-13(7-11-8-17-9-18-11)15(20)19-14(12)6-10/h4-9H,1-3H3,(H,17,18)(H,19,20)/b13-7-. The summed E-state index contributed by atoms with van der Waals surface area (Å²) in [5, 5.41) is 2.93. The fourth-order valence-corrected chi connectivity index (χ4v) is 2.31. The maximum absolute atomic E-state index is 12.1. The first kappa shape index (κ1) is 12.7. The van der Waals surface area contributed by atoms with Crippen LogP contribution >= 0.6 is 0 Å². The Balaban J connectivity index is 2.06. The molecule has 0 radical (unpaired) electrons. The smallest absolute Gasteiger partial charge is 0.256 e. The van der Waals surface area contributed by atoms with E-state index in [0.29, 0.717) is 5.57 Å². The quantitative estimate of drug-likeness (QED) is 0.779. The van der Waals surface area contributed by atoms with Crippen molar-refractivity contribution in [1.29, 1.82) is 0 Å². The lowest BCUT2D eigenvalue weighted by Crippen LogP contribution is -2.11. The highest BCUT2D eigenvalue weighted by atomic mass is 16.2. The maximum Gasteiger partial charge on any atom is 0.256 e. The Labute approximate surface area is 117 Å². The molecule has 1 aliphatic heterocycles. The molecule has 0 bridgehead atoms. The predicted octanol–water partition coefficient (Wildman–Crippen LogP) is 3.20. The van der Waals surface area contributed by atoms with Crippen LogP contribution in [0.2, 0.25) is 0 Å². The van der Waals surface area contributed by atoms with Gasteiger partial charge in [-0.15, -0.1) is 0 Å². The molecule has 1 aliphatic rings. The normalized spacial score (nSPS) is 16.4. The van der Waals surface area contributed by atoms with Crippen molar-refractivity contribution in [2.45, 2.75) is 26.2 Å². The van der Waals surface area contributed by atoms with Gasteiger partial charge in [-0.3, -0.25) is 4.79 Å². The lowest BCUT2D eigenvalue weighted by Gasteiger charge is -2.19. The molecule has 2 aromatic rings. The molecule has 0 saturated heterocycles. The predicted molar refractivity (Wildman–Crippen MR) is 80.2 cm³/mol. The summed E-state index contributed by atoms with van der Waals surface area (Å²) in [6.45, 7) is 6.48. The van der Waals surface area contributed by atoms with Crippen LogP contribution < -0.4 is 5.32 Å². The zero-order valence-electron chi connectivity index (χ0n) is 11.8. The third-order valence-electron chi connectivity index (χ3n) is 3.49. The number of amides is 1. The third kappa shape index (κ3) is 2.13. The zero-order valence-corrected chi connectivity index (χ0v) is 11.8. The number of anilines is 1. The molecule has 0 fully saturated rings. The van der Waals surface area contributed by atoms with Crippen LogP contribution in [0.5, 0.6) is 0 Å². The molecule has 0 spiro atoms. The van der Waals surface area contributed by atoms with E-state index in [1.807, 2.05) is 12.1 Å². The van der Waals surface area contributed by atoms with Crippen molar-refractivity contribution in [2.75, 3.05) is 5.32 Å². The summed E-state index contributed by atoms with van der Waals surface area (Å²) in [5.41, 5.74) is 4.59. The Bertz CT molecular complexity index is 691. The van der Waals surface area contributed by atoms with Crippen molar-refractivity contribution in [2.24, 2.45) is 0 Å². The number of nitrogens with zero attached hydrogens (tertiary/aromatic N) is 1. The number of rotatable bonds is 1. The minimum atomic E-state index is -0.0688. The van der Waals surface area contributed by atoms with Gasteiger partial charge in [-0.1, -0.05) is 32.9 Å². The molecule has 3 rings (SSSR count). The van der Waals surface area contributed by atoms with Crippen LogP contribution in [0.3, 0.4) is 0 Å². The molecule has 0 unspecified atom stereocenters. The number of nitrogens with one attached hydrogen (secondary N) is 2. The van der Waals surface area contributed by atoms with Crippen LogP contribution in [0.4, 0.5) is 5.69 Å². The fourth-order valence-electron chi connectivity index (χ4n) is 2.31. The molecule has 2 heterocycles. The first-order chi connectivity index (χ1) is 9.45. The number of carbonyl (C=O) groups excluding carboxylic acids is 1. The van der Waals surface area contributed by atoms with Gasteiger partial charge in [-0.25, -0.2) is 4.98 Å². The topological polar surface area (TPSA) is 57.8 Å². The second kappa shape index (κ2) is 4.34. The Morgan fingerprint density at radius 1 is 1.25 bits per heavy atom. The molecular weight excluding hydrogens is 250 g/mol. The third-order valence-corrected chi connectivity index (χ3v) is 3.49. The van der Waals surface area contributed by atoms with E-state index in [4.69, 9.17) is 0 Å². The number of benzene rings is 1. The highest BCUT2D eigenvalue weighted by molar-refractivity contribution is 6.34. The zero-order chi connectivity index (χ0) is 14.3. The van der Waals surface area contributed by atoms with Crippen LogP contribution in [0.15, 0.2) is 30.7 Å². The number of carbonyl (C=O) groups is 1. The molecule has 1 amide bonds. The molecule has 0 saturated carbocycles. The van der Waals surface area contributed by atoms with Gasteiger partial charge in [-0.2, -0.15) is 0 Å². The Morgan fingerprint density at radius 2 is 2.05 bits per heavy atom. The second-order valence-electron chi connectivity index (χ2n) is 6.03. The Morgan fingerprint density at radius 3 is 2.70 bits per heavy atom. The number of fused-ring (bicyclic) bond motifs is 1. The van der Waals surface area contributed by atoms with Crippen LogP contribution in [0.25, 0.3) is 11.6 Å². The van der Waals surface area contributed by atoms with Gasteiger partial charge < -0.3 is 10.3 Å². The van der Waals surface area contributed by atoms with Gasteiger partial charge in [-0.05, 0) is 23.1 Å². The number of hydrogen-bond donors (Lipinski definition) is 2. The summed E-state index contributed by atoms with van der Waals surface area (Å²) in [7, 11) is 0. The van der Waals surface area contributed by atoms with E-state index in [0.717, 1.165) is 16.9 Å². The summed E-state index contributed by atoms with van der Waals surface area (Å²) >= 11 is 0. The molecule has 0 aliphatic carbocycles. The molecule has 4 nitrogen and oxygen atoms in total. The first-order valence-corrected chi connectivity index (χ1v) is 6.61.